The Hall–Kier alpha value is -3.01. The average Bonchev–Trinajstić information content (AvgIpc) is 3.00. The minimum absolute atomic E-state index is 0.199. The number of methoxy groups -OCH3 is 1. The van der Waals surface area contributed by atoms with E-state index >= 15 is 0 Å². The Kier molecular flexibility index (Phi) is 8.32. The van der Waals surface area contributed by atoms with Gasteiger partial charge in [0.1, 0.15) is 11.6 Å². The largest absolute Gasteiger partial charge is 0.496 e. The minimum Gasteiger partial charge on any atom is -0.496 e. The summed E-state index contributed by atoms with van der Waals surface area (Å²) in [7, 11) is 1.74. The second-order valence-corrected chi connectivity index (χ2v) is 11.4. The lowest BCUT2D eigenvalue weighted by Gasteiger charge is -2.37. The lowest BCUT2D eigenvalue weighted by molar-refractivity contribution is 0.0973. The van der Waals surface area contributed by atoms with Gasteiger partial charge in [-0.25, -0.2) is 4.98 Å². The van der Waals surface area contributed by atoms with E-state index in [4.69, 9.17) is 29.2 Å². The molecule has 214 valence electrons. The summed E-state index contributed by atoms with van der Waals surface area (Å²) in [5.74, 6) is 2.55. The zero-order chi connectivity index (χ0) is 27.5. The van der Waals surface area contributed by atoms with Crippen LogP contribution in [0.25, 0.3) is 22.3 Å². The monoisotopic (exact) mass is 546 g/mol. The van der Waals surface area contributed by atoms with Gasteiger partial charge in [0.05, 0.1) is 56.7 Å². The molecule has 4 heterocycles. The number of hydrogen-bond donors (Lipinski definition) is 1. The Morgan fingerprint density at radius 1 is 0.900 bits per heavy atom. The molecule has 1 aromatic carbocycles. The van der Waals surface area contributed by atoms with Crippen LogP contribution in [0.1, 0.15) is 51.5 Å². The van der Waals surface area contributed by atoms with Crippen molar-refractivity contribution in [2.24, 2.45) is 0 Å². The lowest BCUT2D eigenvalue weighted by Crippen LogP contribution is -2.46. The number of anilines is 2. The van der Waals surface area contributed by atoms with Crippen molar-refractivity contribution < 1.29 is 14.2 Å². The van der Waals surface area contributed by atoms with E-state index in [9.17, 15) is 0 Å². The number of aromatic nitrogens is 3. The van der Waals surface area contributed by atoms with E-state index in [1.807, 2.05) is 0 Å². The molecule has 3 fully saturated rings. The first-order valence-electron chi connectivity index (χ1n) is 14.9. The normalized spacial score (nSPS) is 22.6. The van der Waals surface area contributed by atoms with Gasteiger partial charge in [0.25, 0.3) is 0 Å². The average molecular weight is 547 g/mol. The van der Waals surface area contributed by atoms with E-state index in [1.165, 1.54) is 32.1 Å². The molecule has 2 saturated heterocycles. The van der Waals surface area contributed by atoms with Crippen molar-refractivity contribution in [2.75, 3.05) is 56.4 Å². The van der Waals surface area contributed by atoms with Crippen LogP contribution in [0.4, 0.5) is 11.8 Å². The van der Waals surface area contributed by atoms with Gasteiger partial charge in [-0.15, -0.1) is 0 Å². The fourth-order valence-corrected chi connectivity index (χ4v) is 6.19. The molecule has 3 aliphatic rings. The van der Waals surface area contributed by atoms with Gasteiger partial charge in [0.15, 0.2) is 5.65 Å². The zero-order valence-electron chi connectivity index (χ0n) is 24.1. The van der Waals surface area contributed by atoms with Crippen molar-refractivity contribution in [1.82, 2.24) is 20.3 Å². The molecular formula is C31H42N6O3. The van der Waals surface area contributed by atoms with E-state index in [-0.39, 0.29) is 12.1 Å². The second-order valence-electron chi connectivity index (χ2n) is 11.4. The summed E-state index contributed by atoms with van der Waals surface area (Å²) in [6.07, 6.45) is 6.49. The van der Waals surface area contributed by atoms with Crippen molar-refractivity contribution in [3.8, 4) is 17.0 Å². The van der Waals surface area contributed by atoms with Gasteiger partial charge in [0, 0.05) is 36.8 Å². The predicted octanol–water partition coefficient (Wildman–Crippen LogP) is 4.57. The van der Waals surface area contributed by atoms with Crippen molar-refractivity contribution in [3.63, 3.8) is 0 Å². The predicted molar refractivity (Wildman–Crippen MR) is 158 cm³/mol. The number of ether oxygens (including phenoxy) is 3. The van der Waals surface area contributed by atoms with E-state index < -0.39 is 0 Å². The summed E-state index contributed by atoms with van der Waals surface area (Å²) in [6, 6.07) is 11.6. The van der Waals surface area contributed by atoms with Gasteiger partial charge in [-0.2, -0.15) is 9.97 Å². The Balaban J connectivity index is 1.37. The molecule has 1 unspecified atom stereocenters. The summed E-state index contributed by atoms with van der Waals surface area (Å²) in [6.45, 7) is 9.41. The fraction of sp³-hybridized carbons (Fsp3) is 0.581. The number of fused-ring (bicyclic) bond motifs is 1. The Labute approximate surface area is 237 Å². The van der Waals surface area contributed by atoms with Crippen molar-refractivity contribution in [2.45, 2.75) is 70.6 Å². The molecule has 3 aromatic rings. The maximum Gasteiger partial charge on any atom is 0.229 e. The van der Waals surface area contributed by atoms with Gasteiger partial charge < -0.3 is 29.3 Å². The summed E-state index contributed by atoms with van der Waals surface area (Å²) >= 11 is 0. The van der Waals surface area contributed by atoms with Crippen LogP contribution in [-0.4, -0.2) is 79.7 Å². The van der Waals surface area contributed by atoms with E-state index in [0.29, 0.717) is 44.1 Å². The molecular weight excluding hydrogens is 504 g/mol. The Bertz CT molecular complexity index is 1310. The van der Waals surface area contributed by atoms with Gasteiger partial charge in [-0.1, -0.05) is 19.3 Å². The minimum atomic E-state index is 0.199. The van der Waals surface area contributed by atoms with E-state index in [0.717, 1.165) is 53.4 Å². The summed E-state index contributed by atoms with van der Waals surface area (Å²) in [5.41, 5.74) is 3.83. The Morgan fingerprint density at radius 3 is 2.38 bits per heavy atom. The molecule has 0 radical (unpaired) electrons. The van der Waals surface area contributed by atoms with Gasteiger partial charge in [-0.05, 0) is 57.0 Å². The Morgan fingerprint density at radius 2 is 1.65 bits per heavy atom. The van der Waals surface area contributed by atoms with Crippen LogP contribution in [0.5, 0.6) is 5.75 Å². The van der Waals surface area contributed by atoms with Crippen LogP contribution in [0.2, 0.25) is 0 Å². The van der Waals surface area contributed by atoms with E-state index in [1.54, 1.807) is 7.11 Å². The lowest BCUT2D eigenvalue weighted by atomic mass is 9.95. The van der Waals surface area contributed by atoms with Crippen LogP contribution in [0.3, 0.4) is 0 Å². The van der Waals surface area contributed by atoms with Crippen molar-refractivity contribution in [1.29, 1.82) is 0 Å². The molecule has 1 saturated carbocycles. The number of morpholine rings is 2. The molecule has 1 aliphatic carbocycles. The first-order valence-corrected chi connectivity index (χ1v) is 14.9. The second kappa shape index (κ2) is 12.2. The van der Waals surface area contributed by atoms with Crippen molar-refractivity contribution in [3.05, 3.63) is 35.9 Å². The first-order chi connectivity index (χ1) is 19.6. The molecule has 2 atom stereocenters. The SMILES string of the molecule is COc1ccc(-c2ccc3c(N4CCOCC4C)nc(N4CCOC[C@@H]4C)nc3n2)cc1CNC1CCCCC1. The summed E-state index contributed by atoms with van der Waals surface area (Å²) in [4.78, 5) is 19.9. The molecule has 2 aliphatic heterocycles. The highest BCUT2D eigenvalue weighted by atomic mass is 16.5. The molecule has 0 amide bonds. The van der Waals surface area contributed by atoms with Gasteiger partial charge in [0.2, 0.25) is 5.95 Å². The highest BCUT2D eigenvalue weighted by molar-refractivity contribution is 5.90. The summed E-state index contributed by atoms with van der Waals surface area (Å²) < 4.78 is 17.1. The molecule has 9 nitrogen and oxygen atoms in total. The van der Waals surface area contributed by atoms with Crippen LogP contribution in [-0.2, 0) is 16.0 Å². The molecule has 2 aromatic heterocycles. The number of rotatable bonds is 7. The number of nitrogens with zero attached hydrogens (tertiary/aromatic N) is 5. The molecule has 0 spiro atoms. The quantitative estimate of drug-likeness (QED) is 0.458. The molecule has 0 bridgehead atoms. The highest BCUT2D eigenvalue weighted by Gasteiger charge is 2.27. The fourth-order valence-electron chi connectivity index (χ4n) is 6.19. The van der Waals surface area contributed by atoms with Crippen molar-refractivity contribution >= 4 is 22.8 Å². The number of benzene rings is 1. The molecule has 6 rings (SSSR count). The standard InChI is InChI=1S/C31H42N6O3/c1-21-19-39-15-13-36(21)30-26-10-11-27(33-29(26)34-31(35-30)37-14-16-40-20-22(37)2)23-9-12-28(38-3)24(17-23)18-32-25-7-5-4-6-8-25/h9-12,17,21-22,25,32H,4-8,13-16,18-20H2,1-3H3/t21?,22-/m0/s1. The zero-order valence-corrected chi connectivity index (χ0v) is 24.1. The van der Waals surface area contributed by atoms with Crippen LogP contribution in [0, 0.1) is 0 Å². The molecule has 40 heavy (non-hydrogen) atoms. The number of pyridine rings is 1. The van der Waals surface area contributed by atoms with Crippen LogP contribution in [0.15, 0.2) is 30.3 Å². The van der Waals surface area contributed by atoms with E-state index in [2.05, 4.69) is 59.3 Å². The number of hydrogen-bond acceptors (Lipinski definition) is 9. The maximum atomic E-state index is 5.73. The maximum absolute atomic E-state index is 5.73. The topological polar surface area (TPSA) is 84.9 Å². The third-order valence-electron chi connectivity index (χ3n) is 8.55. The molecule has 1 N–H and O–H groups in total. The first kappa shape index (κ1) is 27.2. The van der Waals surface area contributed by atoms with Gasteiger partial charge in [-0.3, -0.25) is 0 Å². The highest BCUT2D eigenvalue weighted by Crippen LogP contribution is 2.32. The molecule has 9 heteroatoms. The van der Waals surface area contributed by atoms with Gasteiger partial charge >= 0.3 is 0 Å². The third-order valence-corrected chi connectivity index (χ3v) is 8.55. The van der Waals surface area contributed by atoms with Crippen LogP contribution >= 0.6 is 0 Å². The smallest absolute Gasteiger partial charge is 0.229 e. The van der Waals surface area contributed by atoms with Crippen LogP contribution < -0.4 is 19.9 Å². The third kappa shape index (κ3) is 5.73. The summed E-state index contributed by atoms with van der Waals surface area (Å²) in [5, 5.41) is 4.73. The number of nitrogens with one attached hydrogen (secondary N) is 1.